The van der Waals surface area contributed by atoms with Gasteiger partial charge in [0.25, 0.3) is 12.2 Å². The van der Waals surface area contributed by atoms with Gasteiger partial charge in [-0.05, 0) is 12.1 Å². The lowest BCUT2D eigenvalue weighted by atomic mass is 10.3. The largest absolute Gasteiger partial charge is 0.751 e. The Labute approximate surface area is 151 Å². The molecule has 3 rings (SSSR count). The second-order valence-electron chi connectivity index (χ2n) is 4.83. The summed E-state index contributed by atoms with van der Waals surface area (Å²) in [5.41, 5.74) is -0.730. The molecule has 0 radical (unpaired) electrons. The quantitative estimate of drug-likeness (QED) is 0.461. The van der Waals surface area contributed by atoms with E-state index in [0.717, 1.165) is 0 Å². The SMILES string of the molecule is C=C[n+]1ccn(C(=C(Cl)Cl)C(=C2Oc3ccccc3N2[O-])[N+](=O)[O-])c1. The minimum Gasteiger partial charge on any atom is -0.751 e. The maximum absolute atomic E-state index is 12.5. The molecule has 0 saturated carbocycles. The molecule has 1 aromatic carbocycles. The fourth-order valence-corrected chi connectivity index (χ4v) is 2.67. The molecule has 1 aliphatic rings. The van der Waals surface area contributed by atoms with Gasteiger partial charge in [0, 0.05) is 0 Å². The van der Waals surface area contributed by atoms with Gasteiger partial charge in [-0.3, -0.25) is 10.1 Å². The van der Waals surface area contributed by atoms with Crippen LogP contribution in [0.4, 0.5) is 5.69 Å². The minimum atomic E-state index is -0.773. The van der Waals surface area contributed by atoms with Crippen molar-refractivity contribution in [2.24, 2.45) is 0 Å². The molecule has 0 atom stereocenters. The number of anilines is 1. The molecule has 0 bridgehead atoms. The van der Waals surface area contributed by atoms with Crippen LogP contribution in [0.2, 0.25) is 0 Å². The molecule has 1 aliphatic heterocycles. The van der Waals surface area contributed by atoms with Crippen molar-refractivity contribution in [3.8, 4) is 5.75 Å². The van der Waals surface area contributed by atoms with Gasteiger partial charge in [0.1, 0.15) is 12.4 Å². The summed E-state index contributed by atoms with van der Waals surface area (Å²) in [4.78, 5) is 10.9. The third-order valence-electron chi connectivity index (χ3n) is 3.39. The van der Waals surface area contributed by atoms with Gasteiger partial charge in [-0.15, -0.1) is 0 Å². The maximum atomic E-state index is 12.5. The van der Waals surface area contributed by atoms with Crippen molar-refractivity contribution >= 4 is 40.8 Å². The predicted octanol–water partition coefficient (Wildman–Crippen LogP) is 3.32. The van der Waals surface area contributed by atoms with E-state index < -0.39 is 21.0 Å². The molecule has 2 aromatic rings. The molecule has 0 unspecified atom stereocenters. The number of rotatable bonds is 4. The van der Waals surface area contributed by atoms with E-state index in [1.807, 2.05) is 0 Å². The van der Waals surface area contributed by atoms with Gasteiger partial charge in [0.05, 0.1) is 16.8 Å². The summed E-state index contributed by atoms with van der Waals surface area (Å²) in [5, 5.41) is 24.5. The van der Waals surface area contributed by atoms with E-state index in [1.54, 1.807) is 18.3 Å². The average Bonchev–Trinajstić information content (AvgIpc) is 3.17. The zero-order valence-corrected chi connectivity index (χ0v) is 14.0. The molecule has 0 fully saturated rings. The Hall–Kier alpha value is -2.81. The van der Waals surface area contributed by atoms with E-state index in [1.165, 1.54) is 40.0 Å². The first-order valence-electron chi connectivity index (χ1n) is 6.84. The van der Waals surface area contributed by atoms with Gasteiger partial charge in [-0.1, -0.05) is 41.9 Å². The number of ether oxygens (including phenoxy) is 1. The molecule has 10 heteroatoms. The maximum Gasteiger partial charge on any atom is 0.377 e. The number of nitro groups is 1. The van der Waals surface area contributed by atoms with Crippen molar-refractivity contribution in [1.82, 2.24) is 4.57 Å². The lowest BCUT2D eigenvalue weighted by molar-refractivity contribution is -0.566. The first-order valence-corrected chi connectivity index (χ1v) is 7.59. The smallest absolute Gasteiger partial charge is 0.377 e. The molecule has 0 aliphatic carbocycles. The van der Waals surface area contributed by atoms with Crippen molar-refractivity contribution < 1.29 is 14.2 Å². The molecule has 25 heavy (non-hydrogen) atoms. The molecule has 128 valence electrons. The predicted molar refractivity (Wildman–Crippen MR) is 92.9 cm³/mol. The topological polar surface area (TPSA) is 87.5 Å². The summed E-state index contributed by atoms with van der Waals surface area (Å²) in [6, 6.07) is 6.27. The monoisotopic (exact) mass is 380 g/mol. The van der Waals surface area contributed by atoms with Gasteiger partial charge in [0.15, 0.2) is 10.2 Å². The van der Waals surface area contributed by atoms with Crippen molar-refractivity contribution in [1.29, 1.82) is 0 Å². The number of nitrogens with zero attached hydrogens (tertiary/aromatic N) is 4. The van der Waals surface area contributed by atoms with Gasteiger partial charge in [-0.2, -0.15) is 4.57 Å². The number of benzene rings is 1. The van der Waals surface area contributed by atoms with E-state index in [0.29, 0.717) is 5.06 Å². The van der Waals surface area contributed by atoms with Crippen LogP contribution < -0.4 is 14.4 Å². The summed E-state index contributed by atoms with van der Waals surface area (Å²) in [6.45, 7) is 3.58. The summed E-state index contributed by atoms with van der Waals surface area (Å²) < 4.78 is 7.80. The van der Waals surface area contributed by atoms with Crippen LogP contribution in [0.5, 0.6) is 5.75 Å². The zero-order chi connectivity index (χ0) is 18.1. The van der Waals surface area contributed by atoms with Crippen molar-refractivity contribution in [2.45, 2.75) is 0 Å². The number of fused-ring (bicyclic) bond motifs is 1. The Kier molecular flexibility index (Phi) is 4.49. The first-order chi connectivity index (χ1) is 11.9. The van der Waals surface area contributed by atoms with Crippen LogP contribution in [0.15, 0.2) is 65.6 Å². The fourth-order valence-electron chi connectivity index (χ4n) is 2.30. The molecule has 0 spiro atoms. The van der Waals surface area contributed by atoms with E-state index in [-0.39, 0.29) is 17.1 Å². The number of halogens is 2. The molecule has 0 amide bonds. The van der Waals surface area contributed by atoms with Gasteiger partial charge in [0.2, 0.25) is 5.70 Å². The Morgan fingerprint density at radius 2 is 2.08 bits per heavy atom. The number of para-hydroxylation sites is 2. The number of aromatic nitrogens is 2. The highest BCUT2D eigenvalue weighted by Crippen LogP contribution is 2.41. The van der Waals surface area contributed by atoms with E-state index in [2.05, 4.69) is 6.58 Å². The number of hydrogen-bond donors (Lipinski definition) is 0. The highest BCUT2D eigenvalue weighted by atomic mass is 35.5. The van der Waals surface area contributed by atoms with Crippen LogP contribution in [0.25, 0.3) is 11.9 Å². The Morgan fingerprint density at radius 3 is 2.64 bits per heavy atom. The van der Waals surface area contributed by atoms with Crippen molar-refractivity contribution in [2.75, 3.05) is 5.06 Å². The Bertz CT molecular complexity index is 931. The van der Waals surface area contributed by atoms with E-state index >= 15 is 0 Å². The third kappa shape index (κ3) is 2.98. The normalized spacial score (nSPS) is 14.6. The Morgan fingerprint density at radius 1 is 1.36 bits per heavy atom. The molecular formula is C15H10Cl2N4O4. The summed E-state index contributed by atoms with van der Waals surface area (Å²) >= 11 is 11.8. The lowest BCUT2D eigenvalue weighted by Gasteiger charge is -2.22. The van der Waals surface area contributed by atoms with Gasteiger partial charge in [-0.25, -0.2) is 4.57 Å². The van der Waals surface area contributed by atoms with E-state index in [9.17, 15) is 15.3 Å². The summed E-state index contributed by atoms with van der Waals surface area (Å²) in [7, 11) is 0. The zero-order valence-electron chi connectivity index (χ0n) is 12.5. The molecular weight excluding hydrogens is 371 g/mol. The van der Waals surface area contributed by atoms with Crippen LogP contribution in [0.1, 0.15) is 0 Å². The highest BCUT2D eigenvalue weighted by Gasteiger charge is 2.37. The number of hydroxylamine groups is 1. The molecule has 1 aromatic heterocycles. The van der Waals surface area contributed by atoms with Crippen LogP contribution >= 0.6 is 23.2 Å². The van der Waals surface area contributed by atoms with Crippen LogP contribution in [0.3, 0.4) is 0 Å². The standard InChI is InChI=1S/C15H10Cl2N4O4/c1-2-18-7-8-19(9-18)12(14(16)17)13(21(23)24)15-20(22)10-5-3-4-6-11(10)25-15/h2-9H,1H2. The summed E-state index contributed by atoms with van der Waals surface area (Å²) in [6.07, 6.45) is 5.97. The number of imidazole rings is 1. The van der Waals surface area contributed by atoms with Crippen LogP contribution in [-0.2, 0) is 0 Å². The fraction of sp³-hybridized carbons (Fsp3) is 0. The second kappa shape index (κ2) is 6.60. The summed E-state index contributed by atoms with van der Waals surface area (Å²) in [5.74, 6) is -0.329. The molecule has 8 nitrogen and oxygen atoms in total. The molecule has 2 heterocycles. The van der Waals surface area contributed by atoms with Gasteiger partial charge >= 0.3 is 5.70 Å². The highest BCUT2D eigenvalue weighted by molar-refractivity contribution is 6.58. The number of allylic oxidation sites excluding steroid dienone is 1. The first kappa shape index (κ1) is 17.0. The molecule has 0 saturated heterocycles. The van der Waals surface area contributed by atoms with E-state index in [4.69, 9.17) is 27.9 Å². The lowest BCUT2D eigenvalue weighted by Crippen LogP contribution is -2.23. The van der Waals surface area contributed by atoms with Crippen molar-refractivity contribution in [3.63, 3.8) is 0 Å². The van der Waals surface area contributed by atoms with Gasteiger partial charge < -0.3 is 15.0 Å². The second-order valence-corrected chi connectivity index (χ2v) is 5.78. The van der Waals surface area contributed by atoms with Crippen LogP contribution in [-0.4, -0.2) is 9.49 Å². The Balaban J connectivity index is 2.20. The van der Waals surface area contributed by atoms with Crippen molar-refractivity contribution in [3.05, 3.63) is 81.0 Å². The average molecular weight is 381 g/mol. The molecule has 0 N–H and O–H groups in total. The number of hydrogen-bond acceptors (Lipinski definition) is 5. The third-order valence-corrected chi connectivity index (χ3v) is 3.75. The van der Waals surface area contributed by atoms with Crippen LogP contribution in [0, 0.1) is 15.3 Å². The minimum absolute atomic E-state index is 0.149.